The van der Waals surface area contributed by atoms with Crippen LogP contribution in [0, 0.1) is 5.82 Å². The number of benzene rings is 1. The summed E-state index contributed by atoms with van der Waals surface area (Å²) in [4.78, 5) is 3.83. The fourth-order valence-electron chi connectivity index (χ4n) is 2.83. The van der Waals surface area contributed by atoms with E-state index in [0.717, 1.165) is 13.0 Å². The zero-order chi connectivity index (χ0) is 19.7. The van der Waals surface area contributed by atoms with Crippen molar-refractivity contribution in [1.82, 2.24) is 19.9 Å². The molecular weight excluding hydrogens is 378 g/mol. The van der Waals surface area contributed by atoms with Gasteiger partial charge in [-0.2, -0.15) is 13.2 Å². The van der Waals surface area contributed by atoms with Gasteiger partial charge in [-0.1, -0.05) is 6.07 Å². The zero-order valence-corrected chi connectivity index (χ0v) is 14.4. The predicted octanol–water partition coefficient (Wildman–Crippen LogP) is 3.89. The second-order valence-electron chi connectivity index (χ2n) is 6.15. The molecule has 1 aromatic carbocycles. The van der Waals surface area contributed by atoms with Crippen LogP contribution in [0.15, 0.2) is 48.4 Å². The molecular formula is C18H15F4N5O. The van der Waals surface area contributed by atoms with Crippen LogP contribution >= 0.6 is 0 Å². The number of halogens is 4. The van der Waals surface area contributed by atoms with Crippen molar-refractivity contribution in [2.24, 2.45) is 0 Å². The third-order valence-corrected chi connectivity index (χ3v) is 4.07. The van der Waals surface area contributed by atoms with Crippen molar-refractivity contribution in [3.63, 3.8) is 0 Å². The Morgan fingerprint density at radius 3 is 2.79 bits per heavy atom. The van der Waals surface area contributed by atoms with Crippen molar-refractivity contribution in [2.75, 3.05) is 18.4 Å². The van der Waals surface area contributed by atoms with Crippen molar-refractivity contribution < 1.29 is 22.3 Å². The molecule has 0 amide bonds. The van der Waals surface area contributed by atoms with Gasteiger partial charge in [-0.25, -0.2) is 13.9 Å². The quantitative estimate of drug-likeness (QED) is 0.659. The summed E-state index contributed by atoms with van der Waals surface area (Å²) in [6, 6.07) is 6.99. The summed E-state index contributed by atoms with van der Waals surface area (Å²) in [5, 5.41) is 9.94. The molecule has 6 nitrogen and oxygen atoms in total. The monoisotopic (exact) mass is 393 g/mol. The SMILES string of the molecule is Fc1cccc(Nc2cc(OC3=CCCNC3)nn3c(C(F)(F)F)cnc23)c1. The molecule has 28 heavy (non-hydrogen) atoms. The van der Waals surface area contributed by atoms with Crippen LogP contribution in [-0.4, -0.2) is 27.7 Å². The van der Waals surface area contributed by atoms with E-state index in [1.54, 1.807) is 6.07 Å². The van der Waals surface area contributed by atoms with E-state index >= 15 is 0 Å². The number of anilines is 2. The molecule has 0 atom stereocenters. The van der Waals surface area contributed by atoms with E-state index < -0.39 is 17.7 Å². The number of hydrogen-bond acceptors (Lipinski definition) is 5. The van der Waals surface area contributed by atoms with E-state index in [1.165, 1.54) is 24.3 Å². The first kappa shape index (κ1) is 18.2. The van der Waals surface area contributed by atoms with Gasteiger partial charge in [0, 0.05) is 11.8 Å². The lowest BCUT2D eigenvalue weighted by atomic mass is 10.3. The Labute approximate surface area is 156 Å². The van der Waals surface area contributed by atoms with Gasteiger partial charge in [-0.3, -0.25) is 0 Å². The number of aromatic nitrogens is 3. The van der Waals surface area contributed by atoms with E-state index in [1.807, 2.05) is 6.08 Å². The Bertz CT molecular complexity index is 1040. The fourth-order valence-corrected chi connectivity index (χ4v) is 2.83. The van der Waals surface area contributed by atoms with Gasteiger partial charge in [-0.05, 0) is 37.2 Å². The van der Waals surface area contributed by atoms with Crippen molar-refractivity contribution in [3.8, 4) is 5.88 Å². The van der Waals surface area contributed by atoms with Crippen molar-refractivity contribution >= 4 is 17.0 Å². The minimum absolute atomic E-state index is 0.0372. The van der Waals surface area contributed by atoms with E-state index in [9.17, 15) is 17.6 Å². The molecule has 0 saturated heterocycles. The standard InChI is InChI=1S/C18H15F4N5O/c19-11-3-1-4-12(7-11)25-14-8-16(28-13-5-2-6-23-9-13)26-27-15(18(20,21)22)10-24-17(14)27/h1,3-5,7-8,10,23,25H,2,6,9H2. The first-order valence-corrected chi connectivity index (χ1v) is 8.46. The van der Waals surface area contributed by atoms with Crippen LogP contribution in [-0.2, 0) is 6.18 Å². The van der Waals surface area contributed by atoms with E-state index in [-0.39, 0.29) is 17.2 Å². The summed E-state index contributed by atoms with van der Waals surface area (Å²) >= 11 is 0. The number of imidazole rings is 1. The lowest BCUT2D eigenvalue weighted by Crippen LogP contribution is -2.25. The number of nitrogens with one attached hydrogen (secondary N) is 2. The van der Waals surface area contributed by atoms with Gasteiger partial charge in [0.15, 0.2) is 11.3 Å². The van der Waals surface area contributed by atoms with Gasteiger partial charge in [0.2, 0.25) is 5.88 Å². The van der Waals surface area contributed by atoms with Gasteiger partial charge in [0.05, 0.1) is 18.4 Å². The van der Waals surface area contributed by atoms with Gasteiger partial charge in [0.1, 0.15) is 11.6 Å². The molecule has 0 aliphatic carbocycles. The van der Waals surface area contributed by atoms with Crippen LogP contribution in [0.3, 0.4) is 0 Å². The predicted molar refractivity (Wildman–Crippen MR) is 93.9 cm³/mol. The molecule has 10 heteroatoms. The normalized spacial score (nSPS) is 14.8. The summed E-state index contributed by atoms with van der Waals surface area (Å²) in [7, 11) is 0. The number of nitrogens with zero attached hydrogens (tertiary/aromatic N) is 3. The summed E-state index contributed by atoms with van der Waals surface area (Å²) in [6.07, 6.45) is -1.36. The Morgan fingerprint density at radius 2 is 2.07 bits per heavy atom. The highest BCUT2D eigenvalue weighted by molar-refractivity contribution is 5.74. The highest BCUT2D eigenvalue weighted by Gasteiger charge is 2.36. The van der Waals surface area contributed by atoms with Gasteiger partial charge in [-0.15, -0.1) is 5.10 Å². The Kier molecular flexibility index (Phi) is 4.63. The number of ether oxygens (including phenoxy) is 1. The van der Waals surface area contributed by atoms with E-state index in [2.05, 4.69) is 20.7 Å². The molecule has 0 radical (unpaired) electrons. The number of rotatable bonds is 4. The topological polar surface area (TPSA) is 63.5 Å². The number of fused-ring (bicyclic) bond motifs is 1. The molecule has 1 aliphatic rings. The number of hydrogen-bond donors (Lipinski definition) is 2. The molecule has 0 unspecified atom stereocenters. The largest absolute Gasteiger partial charge is 0.441 e. The third kappa shape index (κ3) is 3.77. The van der Waals surface area contributed by atoms with Crippen molar-refractivity contribution in [2.45, 2.75) is 12.6 Å². The molecule has 1 aliphatic heterocycles. The molecule has 0 spiro atoms. The summed E-state index contributed by atoms with van der Waals surface area (Å²) in [5.41, 5.74) is -0.532. The van der Waals surface area contributed by atoms with Crippen LogP contribution in [0.4, 0.5) is 28.9 Å². The average Bonchev–Trinajstić information content (AvgIpc) is 3.07. The molecule has 3 heterocycles. The molecule has 146 valence electrons. The summed E-state index contributed by atoms with van der Waals surface area (Å²) < 4.78 is 59.8. The fraction of sp³-hybridized carbons (Fsp3) is 0.222. The summed E-state index contributed by atoms with van der Waals surface area (Å²) in [5.74, 6) is 0.0395. The van der Waals surface area contributed by atoms with Crippen LogP contribution in [0.2, 0.25) is 0 Å². The smallest absolute Gasteiger partial charge is 0.435 e. The summed E-state index contributed by atoms with van der Waals surface area (Å²) in [6.45, 7) is 1.24. The second-order valence-corrected chi connectivity index (χ2v) is 6.15. The Hall–Kier alpha value is -3.14. The lowest BCUT2D eigenvalue weighted by molar-refractivity contribution is -0.142. The second kappa shape index (κ2) is 7.12. The zero-order valence-electron chi connectivity index (χ0n) is 14.4. The minimum atomic E-state index is -4.65. The van der Waals surface area contributed by atoms with Crippen molar-refractivity contribution in [3.05, 3.63) is 59.9 Å². The van der Waals surface area contributed by atoms with Crippen molar-refractivity contribution in [1.29, 1.82) is 0 Å². The number of alkyl halides is 3. The van der Waals surface area contributed by atoms with Crippen LogP contribution in [0.5, 0.6) is 5.88 Å². The highest BCUT2D eigenvalue weighted by Crippen LogP contribution is 2.33. The molecule has 0 fully saturated rings. The van der Waals surface area contributed by atoms with E-state index in [0.29, 0.717) is 28.7 Å². The van der Waals surface area contributed by atoms with E-state index in [4.69, 9.17) is 4.74 Å². The molecule has 0 saturated carbocycles. The van der Waals surface area contributed by atoms with Crippen LogP contribution in [0.1, 0.15) is 12.1 Å². The Balaban J connectivity index is 1.79. The van der Waals surface area contributed by atoms with Crippen LogP contribution < -0.4 is 15.4 Å². The van der Waals surface area contributed by atoms with Gasteiger partial charge < -0.3 is 15.4 Å². The molecule has 4 rings (SSSR count). The molecule has 3 aromatic rings. The maximum absolute atomic E-state index is 13.5. The molecule has 2 N–H and O–H groups in total. The first-order chi connectivity index (χ1) is 13.4. The van der Waals surface area contributed by atoms with Gasteiger partial charge in [0.25, 0.3) is 0 Å². The average molecular weight is 393 g/mol. The minimum Gasteiger partial charge on any atom is -0.441 e. The maximum Gasteiger partial charge on any atom is 0.435 e. The first-order valence-electron chi connectivity index (χ1n) is 8.46. The third-order valence-electron chi connectivity index (χ3n) is 4.07. The van der Waals surface area contributed by atoms with Gasteiger partial charge >= 0.3 is 6.18 Å². The Morgan fingerprint density at radius 1 is 1.21 bits per heavy atom. The highest BCUT2D eigenvalue weighted by atomic mass is 19.4. The lowest BCUT2D eigenvalue weighted by Gasteiger charge is -2.16. The maximum atomic E-state index is 13.5. The van der Waals surface area contributed by atoms with Crippen LogP contribution in [0.25, 0.3) is 5.65 Å². The molecule has 0 bridgehead atoms. The molecule has 2 aromatic heterocycles.